The molecule has 1 unspecified atom stereocenters. The summed E-state index contributed by atoms with van der Waals surface area (Å²) >= 11 is 0. The lowest BCUT2D eigenvalue weighted by molar-refractivity contribution is 0.122. The smallest absolute Gasteiger partial charge is 0.177 e. The standard InChI is InChI=1S/C21H19F2N7O2/c1-12(28-31)17-2-3-19-25-26-20(30(19)27-17)9-14-16(22)10-18-15(21(14)23)8-13(11-24-18)29-4-6-32-7-5-29/h2-3,8,10-12H,4-7,9H2,1H3. The summed E-state index contributed by atoms with van der Waals surface area (Å²) in [7, 11) is 0. The fraction of sp³-hybridized carbons (Fsp3) is 0.333. The maximum absolute atomic E-state index is 15.5. The van der Waals surface area contributed by atoms with E-state index in [2.05, 4.69) is 30.4 Å². The minimum Gasteiger partial charge on any atom is -0.378 e. The van der Waals surface area contributed by atoms with Crippen molar-refractivity contribution in [3.63, 3.8) is 0 Å². The van der Waals surface area contributed by atoms with Crippen LogP contribution in [0.5, 0.6) is 0 Å². The van der Waals surface area contributed by atoms with E-state index in [9.17, 15) is 9.30 Å². The van der Waals surface area contributed by atoms with Gasteiger partial charge in [0.25, 0.3) is 0 Å². The van der Waals surface area contributed by atoms with Gasteiger partial charge >= 0.3 is 0 Å². The number of hydrogen-bond acceptors (Lipinski definition) is 8. The molecule has 0 bridgehead atoms. The Hall–Kier alpha value is -3.60. The molecule has 1 saturated heterocycles. The van der Waals surface area contributed by atoms with Crippen LogP contribution in [0, 0.1) is 16.5 Å². The molecule has 1 aromatic carbocycles. The van der Waals surface area contributed by atoms with Crippen LogP contribution in [0.1, 0.15) is 30.0 Å². The fourth-order valence-electron chi connectivity index (χ4n) is 3.78. The molecule has 1 atom stereocenters. The van der Waals surface area contributed by atoms with Crippen LogP contribution >= 0.6 is 0 Å². The number of nitrogens with zero attached hydrogens (tertiary/aromatic N) is 7. The van der Waals surface area contributed by atoms with Gasteiger partial charge in [-0.15, -0.1) is 10.2 Å². The summed E-state index contributed by atoms with van der Waals surface area (Å²) < 4.78 is 37.1. The van der Waals surface area contributed by atoms with Gasteiger partial charge < -0.3 is 9.64 Å². The number of halogens is 2. The van der Waals surface area contributed by atoms with E-state index in [1.165, 1.54) is 10.6 Å². The van der Waals surface area contributed by atoms with E-state index in [1.54, 1.807) is 31.3 Å². The van der Waals surface area contributed by atoms with Crippen molar-refractivity contribution in [2.24, 2.45) is 5.18 Å². The lowest BCUT2D eigenvalue weighted by Crippen LogP contribution is -2.36. The molecular formula is C21H19F2N7O2. The first-order chi connectivity index (χ1) is 15.5. The number of ether oxygens (including phenoxy) is 1. The monoisotopic (exact) mass is 439 g/mol. The van der Waals surface area contributed by atoms with Gasteiger partial charge in [0.15, 0.2) is 11.5 Å². The second-order valence-corrected chi connectivity index (χ2v) is 7.61. The first kappa shape index (κ1) is 20.3. The molecule has 0 aliphatic carbocycles. The lowest BCUT2D eigenvalue weighted by atomic mass is 10.1. The number of fused-ring (bicyclic) bond motifs is 2. The zero-order valence-electron chi connectivity index (χ0n) is 17.2. The van der Waals surface area contributed by atoms with Crippen molar-refractivity contribution in [2.75, 3.05) is 31.2 Å². The summed E-state index contributed by atoms with van der Waals surface area (Å²) in [5.74, 6) is -1.18. The highest BCUT2D eigenvalue weighted by Crippen LogP contribution is 2.28. The minimum absolute atomic E-state index is 0.151. The molecule has 164 valence electrons. The van der Waals surface area contributed by atoms with Gasteiger partial charge in [-0.25, -0.2) is 8.78 Å². The Morgan fingerprint density at radius 2 is 2.00 bits per heavy atom. The summed E-state index contributed by atoms with van der Waals surface area (Å²) in [6, 6.07) is 5.48. The molecule has 5 rings (SSSR count). The van der Waals surface area contributed by atoms with Crippen LogP contribution in [0.4, 0.5) is 14.5 Å². The summed E-state index contributed by atoms with van der Waals surface area (Å²) in [5, 5.41) is 15.6. The van der Waals surface area contributed by atoms with Crippen molar-refractivity contribution in [3.8, 4) is 0 Å². The van der Waals surface area contributed by atoms with Crippen molar-refractivity contribution < 1.29 is 13.5 Å². The third-order valence-electron chi connectivity index (χ3n) is 5.60. The summed E-state index contributed by atoms with van der Waals surface area (Å²) in [6.45, 7) is 4.13. The van der Waals surface area contributed by atoms with Gasteiger partial charge in [-0.1, -0.05) is 5.18 Å². The van der Waals surface area contributed by atoms with Gasteiger partial charge in [0.1, 0.15) is 17.7 Å². The second-order valence-electron chi connectivity index (χ2n) is 7.61. The van der Waals surface area contributed by atoms with Crippen LogP contribution in [0.3, 0.4) is 0 Å². The summed E-state index contributed by atoms with van der Waals surface area (Å²) in [5.41, 5.74) is 1.65. The molecule has 4 heterocycles. The summed E-state index contributed by atoms with van der Waals surface area (Å²) in [6.07, 6.45) is 1.45. The first-order valence-electron chi connectivity index (χ1n) is 10.2. The van der Waals surface area contributed by atoms with Crippen LogP contribution in [0.2, 0.25) is 0 Å². The molecule has 1 aliphatic heterocycles. The van der Waals surface area contributed by atoms with Crippen LogP contribution in [0.15, 0.2) is 35.6 Å². The molecule has 0 amide bonds. The van der Waals surface area contributed by atoms with E-state index < -0.39 is 17.7 Å². The Morgan fingerprint density at radius 3 is 2.78 bits per heavy atom. The third kappa shape index (κ3) is 3.54. The summed E-state index contributed by atoms with van der Waals surface area (Å²) in [4.78, 5) is 17.2. The highest BCUT2D eigenvalue weighted by atomic mass is 19.1. The molecule has 1 aliphatic rings. The molecule has 3 aromatic heterocycles. The Balaban J connectivity index is 1.55. The molecule has 0 N–H and O–H groups in total. The number of nitroso groups, excluding NO2 is 1. The van der Waals surface area contributed by atoms with Gasteiger partial charge in [-0.3, -0.25) is 4.98 Å². The van der Waals surface area contributed by atoms with E-state index >= 15 is 4.39 Å². The predicted molar refractivity (Wildman–Crippen MR) is 112 cm³/mol. The lowest BCUT2D eigenvalue weighted by Gasteiger charge is -2.28. The fourth-order valence-corrected chi connectivity index (χ4v) is 3.78. The van der Waals surface area contributed by atoms with E-state index in [0.29, 0.717) is 37.6 Å². The number of aromatic nitrogens is 5. The van der Waals surface area contributed by atoms with Crippen molar-refractivity contribution in [3.05, 3.63) is 64.1 Å². The predicted octanol–water partition coefficient (Wildman–Crippen LogP) is 3.21. The normalized spacial score (nSPS) is 15.4. The van der Waals surface area contributed by atoms with E-state index in [0.717, 1.165) is 5.69 Å². The van der Waals surface area contributed by atoms with Crippen LogP contribution < -0.4 is 4.90 Å². The van der Waals surface area contributed by atoms with E-state index in [4.69, 9.17) is 4.74 Å². The van der Waals surface area contributed by atoms with Gasteiger partial charge in [0, 0.05) is 36.5 Å². The Kier molecular flexibility index (Phi) is 5.17. The first-order valence-corrected chi connectivity index (χ1v) is 10.2. The maximum atomic E-state index is 15.5. The van der Waals surface area contributed by atoms with Crippen molar-refractivity contribution >= 4 is 22.2 Å². The molecular weight excluding hydrogens is 420 g/mol. The van der Waals surface area contributed by atoms with Gasteiger partial charge in [0.05, 0.1) is 36.3 Å². The van der Waals surface area contributed by atoms with E-state index in [1.807, 2.05) is 0 Å². The minimum atomic E-state index is -0.725. The zero-order valence-corrected chi connectivity index (χ0v) is 17.2. The van der Waals surface area contributed by atoms with Gasteiger partial charge in [-0.05, 0) is 25.1 Å². The topological polar surface area (TPSA) is 97.9 Å². The molecule has 0 spiro atoms. The number of rotatable bonds is 5. The third-order valence-corrected chi connectivity index (χ3v) is 5.60. The second kappa shape index (κ2) is 8.15. The van der Waals surface area contributed by atoms with Gasteiger partial charge in [0.2, 0.25) is 0 Å². The number of anilines is 1. The van der Waals surface area contributed by atoms with Crippen LogP contribution in [-0.4, -0.2) is 51.1 Å². The number of pyridine rings is 1. The highest BCUT2D eigenvalue weighted by Gasteiger charge is 2.20. The van der Waals surface area contributed by atoms with Crippen molar-refractivity contribution in [1.29, 1.82) is 0 Å². The highest BCUT2D eigenvalue weighted by molar-refractivity contribution is 5.83. The zero-order chi connectivity index (χ0) is 22.2. The Labute approximate surface area is 181 Å². The molecule has 4 aromatic rings. The van der Waals surface area contributed by atoms with Crippen LogP contribution in [0.25, 0.3) is 16.6 Å². The maximum Gasteiger partial charge on any atom is 0.177 e. The van der Waals surface area contributed by atoms with Crippen molar-refractivity contribution in [2.45, 2.75) is 19.4 Å². The quantitative estimate of drug-likeness (QED) is 0.441. The molecule has 0 radical (unpaired) electrons. The Morgan fingerprint density at radius 1 is 1.19 bits per heavy atom. The molecule has 1 fully saturated rings. The molecule has 0 saturated carbocycles. The van der Waals surface area contributed by atoms with Gasteiger partial charge in [-0.2, -0.15) is 14.5 Å². The SMILES string of the molecule is CC(N=O)c1ccc2nnc(Cc3c(F)cc4ncc(N5CCOCC5)cc4c3F)n2n1. The molecule has 9 nitrogen and oxygen atoms in total. The number of morpholine rings is 1. The largest absolute Gasteiger partial charge is 0.378 e. The molecule has 11 heteroatoms. The average molecular weight is 439 g/mol. The average Bonchev–Trinajstić information content (AvgIpc) is 3.23. The van der Waals surface area contributed by atoms with Crippen LogP contribution in [-0.2, 0) is 11.2 Å². The van der Waals surface area contributed by atoms with E-state index in [-0.39, 0.29) is 28.7 Å². The number of hydrogen-bond donors (Lipinski definition) is 0. The van der Waals surface area contributed by atoms with Crippen molar-refractivity contribution in [1.82, 2.24) is 24.8 Å². The molecule has 32 heavy (non-hydrogen) atoms. The number of benzene rings is 1. The Bertz CT molecular complexity index is 1320.